The molecule has 0 spiro atoms. The minimum Gasteiger partial charge on any atom is -0.392 e. The zero-order valence-electron chi connectivity index (χ0n) is 14.7. The van der Waals surface area contributed by atoms with E-state index in [9.17, 15) is 9.50 Å². The van der Waals surface area contributed by atoms with Crippen LogP contribution in [-0.2, 0) is 13.3 Å². The summed E-state index contributed by atoms with van der Waals surface area (Å²) in [4.78, 5) is 7.93. The van der Waals surface area contributed by atoms with Crippen LogP contribution in [0.25, 0.3) is 34.3 Å². The highest BCUT2D eigenvalue weighted by Crippen LogP contribution is 2.27. The van der Waals surface area contributed by atoms with E-state index in [1.54, 1.807) is 12.1 Å². The lowest BCUT2D eigenvalue weighted by molar-refractivity contribution is 0.282. The predicted octanol–water partition coefficient (Wildman–Crippen LogP) is 5.36. The van der Waals surface area contributed by atoms with Gasteiger partial charge in [0.15, 0.2) is 0 Å². The number of aromatic amines is 1. The van der Waals surface area contributed by atoms with Gasteiger partial charge in [-0.1, -0.05) is 60.7 Å². The summed E-state index contributed by atoms with van der Waals surface area (Å²) >= 11 is 0. The molecule has 3 aromatic carbocycles. The molecule has 1 heterocycles. The van der Waals surface area contributed by atoms with Crippen molar-refractivity contribution in [2.45, 2.75) is 13.3 Å². The molecule has 134 valence electrons. The first kappa shape index (κ1) is 17.2. The first-order valence-corrected chi connectivity index (χ1v) is 8.79. The van der Waals surface area contributed by atoms with E-state index < -0.39 is 6.67 Å². The van der Waals surface area contributed by atoms with Crippen molar-refractivity contribution in [3.05, 3.63) is 89.2 Å². The Labute approximate surface area is 156 Å². The second kappa shape index (κ2) is 7.56. The molecule has 0 fully saturated rings. The van der Waals surface area contributed by atoms with Crippen LogP contribution >= 0.6 is 0 Å². The number of alkyl halides is 1. The molecule has 0 amide bonds. The highest BCUT2D eigenvalue weighted by molar-refractivity contribution is 5.84. The van der Waals surface area contributed by atoms with Crippen molar-refractivity contribution >= 4 is 23.2 Å². The fraction of sp³-hybridized carbons (Fsp3) is 0.0870. The number of rotatable bonds is 5. The van der Waals surface area contributed by atoms with Gasteiger partial charge in [0, 0.05) is 0 Å². The lowest BCUT2D eigenvalue weighted by Gasteiger charge is -2.07. The minimum absolute atomic E-state index is 0.00393. The molecule has 0 atom stereocenters. The second-order valence-electron chi connectivity index (χ2n) is 6.38. The van der Waals surface area contributed by atoms with Crippen LogP contribution in [0.2, 0.25) is 0 Å². The van der Waals surface area contributed by atoms with Crippen LogP contribution in [0.1, 0.15) is 22.5 Å². The Bertz CT molecular complexity index is 1100. The average molecular weight is 358 g/mol. The summed E-state index contributed by atoms with van der Waals surface area (Å²) in [5, 5.41) is 9.56. The number of imidazole rings is 1. The minimum atomic E-state index is -0.449. The molecule has 0 saturated heterocycles. The summed E-state index contributed by atoms with van der Waals surface area (Å²) in [6, 6.07) is 21.2. The molecule has 0 aliphatic carbocycles. The molecule has 4 heteroatoms. The van der Waals surface area contributed by atoms with Crippen molar-refractivity contribution in [1.29, 1.82) is 0 Å². The smallest absolute Gasteiger partial charge is 0.131 e. The second-order valence-corrected chi connectivity index (χ2v) is 6.38. The Kier molecular flexibility index (Phi) is 4.81. The molecule has 4 rings (SSSR count). The number of H-pyrrole nitrogens is 1. The van der Waals surface area contributed by atoms with Crippen LogP contribution in [-0.4, -0.2) is 15.1 Å². The third kappa shape index (κ3) is 3.66. The van der Waals surface area contributed by atoms with E-state index in [1.807, 2.05) is 66.7 Å². The Morgan fingerprint density at radius 2 is 1.78 bits per heavy atom. The maximum Gasteiger partial charge on any atom is 0.131 e. The van der Waals surface area contributed by atoms with E-state index in [2.05, 4.69) is 9.97 Å². The summed E-state index contributed by atoms with van der Waals surface area (Å²) in [6.45, 7) is -0.445. The SMILES string of the molecule is OCc1ccccc1-c1ccc2[nH]c(/C=C/c3ccc(CF)cc3)nc2c1. The number of benzene rings is 3. The van der Waals surface area contributed by atoms with Gasteiger partial charge in [-0.2, -0.15) is 0 Å². The van der Waals surface area contributed by atoms with Gasteiger partial charge in [0.05, 0.1) is 17.6 Å². The van der Waals surface area contributed by atoms with E-state index in [4.69, 9.17) is 0 Å². The van der Waals surface area contributed by atoms with Gasteiger partial charge in [-0.05, 0) is 46.0 Å². The third-order valence-corrected chi connectivity index (χ3v) is 4.57. The first-order chi connectivity index (χ1) is 13.3. The number of nitrogens with one attached hydrogen (secondary N) is 1. The number of aliphatic hydroxyl groups excluding tert-OH is 1. The molecule has 1 aromatic heterocycles. The summed E-state index contributed by atoms with van der Waals surface area (Å²) in [5.41, 5.74) is 6.41. The lowest BCUT2D eigenvalue weighted by Crippen LogP contribution is -1.88. The fourth-order valence-electron chi connectivity index (χ4n) is 3.10. The standard InChI is InChI=1S/C23H19FN2O/c24-14-17-7-5-16(6-8-17)9-12-23-25-21-11-10-18(13-22(21)26-23)20-4-2-1-3-19(20)15-27/h1-13,27H,14-15H2,(H,25,26)/b12-9+. The molecular weight excluding hydrogens is 339 g/mol. The van der Waals surface area contributed by atoms with Crippen molar-refractivity contribution in [2.24, 2.45) is 0 Å². The monoisotopic (exact) mass is 358 g/mol. The van der Waals surface area contributed by atoms with Crippen molar-refractivity contribution < 1.29 is 9.50 Å². The summed E-state index contributed by atoms with van der Waals surface area (Å²) in [6.07, 6.45) is 3.85. The molecule has 2 N–H and O–H groups in total. The molecule has 0 radical (unpaired) electrons. The van der Waals surface area contributed by atoms with Gasteiger partial charge in [-0.25, -0.2) is 9.37 Å². The molecule has 4 aromatic rings. The van der Waals surface area contributed by atoms with Gasteiger partial charge in [0.25, 0.3) is 0 Å². The number of hydrogen-bond donors (Lipinski definition) is 2. The zero-order chi connectivity index (χ0) is 18.6. The summed E-state index contributed by atoms with van der Waals surface area (Å²) in [7, 11) is 0. The van der Waals surface area contributed by atoms with Crippen molar-refractivity contribution in [1.82, 2.24) is 9.97 Å². The Morgan fingerprint density at radius 1 is 0.963 bits per heavy atom. The van der Waals surface area contributed by atoms with Gasteiger partial charge < -0.3 is 10.1 Å². The fourth-order valence-corrected chi connectivity index (χ4v) is 3.10. The van der Waals surface area contributed by atoms with Gasteiger partial charge in [0.1, 0.15) is 12.5 Å². The summed E-state index contributed by atoms with van der Waals surface area (Å²) < 4.78 is 12.6. The van der Waals surface area contributed by atoms with E-state index >= 15 is 0 Å². The van der Waals surface area contributed by atoms with Gasteiger partial charge in [0.2, 0.25) is 0 Å². The topological polar surface area (TPSA) is 48.9 Å². The van der Waals surface area contributed by atoms with Crippen LogP contribution in [0.15, 0.2) is 66.7 Å². The number of hydrogen-bond acceptors (Lipinski definition) is 2. The number of halogens is 1. The molecule has 0 aliphatic heterocycles. The van der Waals surface area contributed by atoms with Gasteiger partial charge >= 0.3 is 0 Å². The molecule has 0 unspecified atom stereocenters. The molecule has 0 bridgehead atoms. The quantitative estimate of drug-likeness (QED) is 0.504. The molecule has 0 saturated carbocycles. The van der Waals surface area contributed by atoms with Gasteiger partial charge in [-0.3, -0.25) is 0 Å². The molecule has 27 heavy (non-hydrogen) atoms. The predicted molar refractivity (Wildman–Crippen MR) is 108 cm³/mol. The van der Waals surface area contributed by atoms with E-state index in [0.29, 0.717) is 5.56 Å². The van der Waals surface area contributed by atoms with Crippen molar-refractivity contribution in [3.63, 3.8) is 0 Å². The average Bonchev–Trinajstić information content (AvgIpc) is 3.14. The molecular formula is C23H19FN2O. The number of aromatic nitrogens is 2. The highest BCUT2D eigenvalue weighted by Gasteiger charge is 2.07. The highest BCUT2D eigenvalue weighted by atomic mass is 19.1. The van der Waals surface area contributed by atoms with Crippen LogP contribution in [0.4, 0.5) is 4.39 Å². The Morgan fingerprint density at radius 3 is 2.56 bits per heavy atom. The van der Waals surface area contributed by atoms with Crippen LogP contribution < -0.4 is 0 Å². The number of aliphatic hydroxyl groups is 1. The number of nitrogens with zero attached hydrogens (tertiary/aromatic N) is 1. The molecule has 3 nitrogen and oxygen atoms in total. The first-order valence-electron chi connectivity index (χ1n) is 8.79. The van der Waals surface area contributed by atoms with Crippen molar-refractivity contribution in [2.75, 3.05) is 0 Å². The van der Waals surface area contributed by atoms with Crippen LogP contribution in [0, 0.1) is 0 Å². The maximum atomic E-state index is 12.6. The van der Waals surface area contributed by atoms with Crippen molar-refractivity contribution in [3.8, 4) is 11.1 Å². The Balaban J connectivity index is 1.63. The molecule has 0 aliphatic rings. The van der Waals surface area contributed by atoms with E-state index in [-0.39, 0.29) is 6.61 Å². The van der Waals surface area contributed by atoms with E-state index in [1.165, 1.54) is 0 Å². The van der Waals surface area contributed by atoms with Crippen LogP contribution in [0.5, 0.6) is 0 Å². The maximum absolute atomic E-state index is 12.6. The third-order valence-electron chi connectivity index (χ3n) is 4.57. The van der Waals surface area contributed by atoms with Gasteiger partial charge in [-0.15, -0.1) is 0 Å². The zero-order valence-corrected chi connectivity index (χ0v) is 14.7. The lowest BCUT2D eigenvalue weighted by atomic mass is 10.00. The largest absolute Gasteiger partial charge is 0.392 e. The number of fused-ring (bicyclic) bond motifs is 1. The Hall–Kier alpha value is -3.24. The normalized spacial score (nSPS) is 11.5. The van der Waals surface area contributed by atoms with Crippen LogP contribution in [0.3, 0.4) is 0 Å². The summed E-state index contributed by atoms with van der Waals surface area (Å²) in [5.74, 6) is 0.757. The van der Waals surface area contributed by atoms with E-state index in [0.717, 1.165) is 39.1 Å².